The summed E-state index contributed by atoms with van der Waals surface area (Å²) in [5.74, 6) is 0. The smallest absolute Gasteiger partial charge is 0.364 e. The standard InChI is InChI=1S/C3H8NO4P/c1-2-3(5)8-9(4,6)7/h2-3,5H,1H2,(H3,4,6,7). The van der Waals surface area contributed by atoms with E-state index in [1.807, 2.05) is 0 Å². The van der Waals surface area contributed by atoms with Gasteiger partial charge in [-0.25, -0.2) is 10.1 Å². The summed E-state index contributed by atoms with van der Waals surface area (Å²) < 4.78 is 14.0. The summed E-state index contributed by atoms with van der Waals surface area (Å²) >= 11 is 0. The summed E-state index contributed by atoms with van der Waals surface area (Å²) in [5, 5.41) is 8.44. The predicted octanol–water partition coefficient (Wildman–Crippen LogP) is -0.434. The van der Waals surface area contributed by atoms with Crippen LogP contribution in [-0.2, 0) is 9.09 Å². The van der Waals surface area contributed by atoms with Gasteiger partial charge in [0.15, 0.2) is 6.29 Å². The summed E-state index contributed by atoms with van der Waals surface area (Å²) in [4.78, 5) is 8.22. The number of aliphatic hydroxyl groups excluding tert-OH is 1. The summed E-state index contributed by atoms with van der Waals surface area (Å²) in [7, 11) is -4.06. The zero-order valence-corrected chi connectivity index (χ0v) is 5.49. The fourth-order valence-corrected chi connectivity index (χ4v) is 0.593. The summed E-state index contributed by atoms with van der Waals surface area (Å²) in [5.41, 5.74) is 4.49. The van der Waals surface area contributed by atoms with Crippen LogP contribution in [-0.4, -0.2) is 16.3 Å². The molecule has 0 radical (unpaired) electrons. The minimum absolute atomic E-state index is 0.940. The Hall–Kier alpha value is -0.190. The molecule has 0 aromatic rings. The highest BCUT2D eigenvalue weighted by Crippen LogP contribution is 2.32. The zero-order chi connectivity index (χ0) is 7.49. The van der Waals surface area contributed by atoms with Gasteiger partial charge in [0.1, 0.15) is 0 Å². The Bertz CT molecular complexity index is 141. The van der Waals surface area contributed by atoms with Crippen molar-refractivity contribution in [2.24, 2.45) is 5.50 Å². The van der Waals surface area contributed by atoms with E-state index in [1.165, 1.54) is 0 Å². The summed E-state index contributed by atoms with van der Waals surface area (Å²) in [6.45, 7) is 3.08. The molecule has 0 rings (SSSR count). The van der Waals surface area contributed by atoms with Crippen molar-refractivity contribution in [2.75, 3.05) is 0 Å². The third-order valence-corrected chi connectivity index (χ3v) is 0.979. The maximum atomic E-state index is 10.1. The van der Waals surface area contributed by atoms with Crippen LogP contribution in [0.2, 0.25) is 0 Å². The van der Waals surface area contributed by atoms with Gasteiger partial charge in [0.25, 0.3) is 0 Å². The monoisotopic (exact) mass is 153 g/mol. The van der Waals surface area contributed by atoms with E-state index in [-0.39, 0.29) is 0 Å². The quantitative estimate of drug-likeness (QED) is 0.290. The molecule has 0 saturated heterocycles. The van der Waals surface area contributed by atoms with E-state index in [0.29, 0.717) is 0 Å². The van der Waals surface area contributed by atoms with Crippen molar-refractivity contribution in [1.29, 1.82) is 0 Å². The molecule has 0 spiro atoms. The molecule has 0 aromatic carbocycles. The van der Waals surface area contributed by atoms with Crippen LogP contribution in [0.4, 0.5) is 0 Å². The van der Waals surface area contributed by atoms with Crippen molar-refractivity contribution >= 4 is 7.75 Å². The molecule has 2 atom stereocenters. The number of hydrogen-bond donors (Lipinski definition) is 3. The largest absolute Gasteiger partial charge is 0.402 e. The minimum atomic E-state index is -4.06. The van der Waals surface area contributed by atoms with Crippen molar-refractivity contribution in [1.82, 2.24) is 0 Å². The lowest BCUT2D eigenvalue weighted by atomic mass is 10.6. The Balaban J connectivity index is 3.74. The number of rotatable bonds is 3. The van der Waals surface area contributed by atoms with Crippen molar-refractivity contribution in [3.05, 3.63) is 12.7 Å². The molecular weight excluding hydrogens is 145 g/mol. The number of nitrogens with two attached hydrogens (primary N) is 1. The molecule has 0 aliphatic carbocycles. The Morgan fingerprint density at radius 1 is 1.89 bits per heavy atom. The Morgan fingerprint density at radius 2 is 2.33 bits per heavy atom. The van der Waals surface area contributed by atoms with Crippen molar-refractivity contribution in [3.63, 3.8) is 0 Å². The van der Waals surface area contributed by atoms with Gasteiger partial charge in [0, 0.05) is 0 Å². The van der Waals surface area contributed by atoms with Gasteiger partial charge in [-0.05, 0) is 6.08 Å². The number of hydrogen-bond acceptors (Lipinski definition) is 3. The van der Waals surface area contributed by atoms with E-state index < -0.39 is 14.0 Å². The molecule has 0 aliphatic heterocycles. The maximum absolute atomic E-state index is 10.1. The third-order valence-electron chi connectivity index (χ3n) is 0.461. The van der Waals surface area contributed by atoms with E-state index in [9.17, 15) is 4.57 Å². The topological polar surface area (TPSA) is 92.8 Å². The molecule has 0 saturated carbocycles. The molecule has 5 nitrogen and oxygen atoms in total. The van der Waals surface area contributed by atoms with Gasteiger partial charge in [0.05, 0.1) is 0 Å². The molecule has 0 aromatic heterocycles. The molecule has 54 valence electrons. The van der Waals surface area contributed by atoms with E-state index in [0.717, 1.165) is 6.08 Å². The summed E-state index contributed by atoms with van der Waals surface area (Å²) in [6.07, 6.45) is -0.541. The van der Waals surface area contributed by atoms with Gasteiger partial charge in [0.2, 0.25) is 0 Å². The normalized spacial score (nSPS) is 20.3. The fraction of sp³-hybridized carbons (Fsp3) is 0.333. The molecule has 0 aliphatic rings. The minimum Gasteiger partial charge on any atom is -0.364 e. The highest BCUT2D eigenvalue weighted by atomic mass is 31.2. The average Bonchev–Trinajstić information content (AvgIpc) is 1.62. The van der Waals surface area contributed by atoms with Gasteiger partial charge in [-0.1, -0.05) is 6.58 Å². The van der Waals surface area contributed by atoms with Crippen LogP contribution in [0.25, 0.3) is 0 Å². The van der Waals surface area contributed by atoms with Gasteiger partial charge in [-0.3, -0.25) is 4.52 Å². The molecule has 2 unspecified atom stereocenters. The molecule has 0 bridgehead atoms. The fourth-order valence-electron chi connectivity index (χ4n) is 0.198. The van der Waals surface area contributed by atoms with E-state index in [4.69, 9.17) is 10.00 Å². The molecular formula is C3H8NO4P. The van der Waals surface area contributed by atoms with Gasteiger partial charge in [-0.15, -0.1) is 0 Å². The Labute approximate surface area is 52.3 Å². The zero-order valence-electron chi connectivity index (χ0n) is 4.60. The lowest BCUT2D eigenvalue weighted by Gasteiger charge is -2.07. The first-order valence-corrected chi connectivity index (χ1v) is 3.71. The van der Waals surface area contributed by atoms with E-state index in [1.54, 1.807) is 0 Å². The Morgan fingerprint density at radius 3 is 2.44 bits per heavy atom. The van der Waals surface area contributed by atoms with Crippen molar-refractivity contribution in [3.8, 4) is 0 Å². The molecule has 0 amide bonds. The summed E-state index contributed by atoms with van der Waals surface area (Å²) in [6, 6.07) is 0. The molecule has 4 N–H and O–H groups in total. The Kier molecular flexibility index (Phi) is 3.03. The average molecular weight is 153 g/mol. The molecule has 6 heteroatoms. The van der Waals surface area contributed by atoms with Crippen LogP contribution < -0.4 is 5.50 Å². The van der Waals surface area contributed by atoms with Crippen LogP contribution >= 0.6 is 7.75 Å². The first kappa shape index (κ1) is 8.81. The van der Waals surface area contributed by atoms with Gasteiger partial charge in [-0.2, -0.15) is 0 Å². The molecule has 9 heavy (non-hydrogen) atoms. The second kappa shape index (κ2) is 3.10. The van der Waals surface area contributed by atoms with Crippen LogP contribution in [0.1, 0.15) is 0 Å². The third kappa shape index (κ3) is 5.68. The lowest BCUT2D eigenvalue weighted by molar-refractivity contribution is 0.0167. The van der Waals surface area contributed by atoms with Gasteiger partial charge < -0.3 is 10.00 Å². The second-order valence-electron chi connectivity index (χ2n) is 1.30. The van der Waals surface area contributed by atoms with Crippen LogP contribution in [0.3, 0.4) is 0 Å². The first-order valence-electron chi connectivity index (χ1n) is 2.06. The molecule has 0 heterocycles. The first-order chi connectivity index (χ1) is 3.95. The SMILES string of the molecule is C=CC(O)OP(N)(=O)O. The number of aliphatic hydroxyl groups is 1. The van der Waals surface area contributed by atoms with Gasteiger partial charge >= 0.3 is 7.75 Å². The highest BCUT2D eigenvalue weighted by molar-refractivity contribution is 7.50. The van der Waals surface area contributed by atoms with Crippen molar-refractivity contribution < 1.29 is 19.1 Å². The van der Waals surface area contributed by atoms with E-state index in [2.05, 4.69) is 16.6 Å². The van der Waals surface area contributed by atoms with Crippen LogP contribution in [0, 0.1) is 0 Å². The highest BCUT2D eigenvalue weighted by Gasteiger charge is 2.14. The second-order valence-corrected chi connectivity index (χ2v) is 2.63. The lowest BCUT2D eigenvalue weighted by Crippen LogP contribution is -2.09. The predicted molar refractivity (Wildman–Crippen MR) is 31.3 cm³/mol. The van der Waals surface area contributed by atoms with Crippen LogP contribution in [0.15, 0.2) is 12.7 Å². The maximum Gasteiger partial charge on any atom is 0.402 e. The van der Waals surface area contributed by atoms with E-state index >= 15 is 0 Å². The molecule has 0 fully saturated rings. The van der Waals surface area contributed by atoms with Crippen LogP contribution in [0.5, 0.6) is 0 Å². The van der Waals surface area contributed by atoms with Crippen molar-refractivity contribution in [2.45, 2.75) is 6.29 Å².